The van der Waals surface area contributed by atoms with Gasteiger partial charge in [0.2, 0.25) is 0 Å². The Kier molecular flexibility index (Phi) is 5.88. The normalized spacial score (nSPS) is 10.2. The van der Waals surface area contributed by atoms with Crippen LogP contribution in [0, 0.1) is 0 Å². The van der Waals surface area contributed by atoms with Crippen molar-refractivity contribution in [2.45, 2.75) is 6.42 Å². The summed E-state index contributed by atoms with van der Waals surface area (Å²) in [6.07, 6.45) is 0.636. The van der Waals surface area contributed by atoms with Crippen LogP contribution in [0.5, 0.6) is 17.2 Å². The highest BCUT2D eigenvalue weighted by Gasteiger charge is 2.14. The molecule has 3 rings (SSSR count). The quantitative estimate of drug-likeness (QED) is 0.571. The second kappa shape index (κ2) is 8.72. The third kappa shape index (κ3) is 4.63. The molecule has 0 heterocycles. The molecule has 0 spiro atoms. The maximum atomic E-state index is 12.4. The van der Waals surface area contributed by atoms with Gasteiger partial charge >= 0.3 is 5.97 Å². The second-order valence-corrected chi connectivity index (χ2v) is 5.65. The molecular weight excluding hydrogens is 328 g/mol. The Hall–Kier alpha value is -3.27. The van der Waals surface area contributed by atoms with E-state index in [4.69, 9.17) is 14.2 Å². The van der Waals surface area contributed by atoms with Crippen molar-refractivity contribution in [2.75, 3.05) is 13.7 Å². The molecule has 0 unspecified atom stereocenters. The first-order valence-electron chi connectivity index (χ1n) is 8.38. The summed E-state index contributed by atoms with van der Waals surface area (Å²) in [5.41, 5.74) is 1.48. The molecule has 4 heteroatoms. The molecule has 0 N–H and O–H groups in total. The van der Waals surface area contributed by atoms with Crippen LogP contribution in [-0.2, 0) is 11.2 Å². The van der Waals surface area contributed by atoms with Gasteiger partial charge in [-0.15, -0.1) is 0 Å². The predicted octanol–water partition coefficient (Wildman–Crippen LogP) is 4.89. The lowest BCUT2D eigenvalue weighted by molar-refractivity contribution is 0.0506. The minimum Gasteiger partial charge on any atom is -0.497 e. The summed E-state index contributed by atoms with van der Waals surface area (Å²) in [5, 5.41) is 0. The average molecular weight is 348 g/mol. The lowest BCUT2D eigenvalue weighted by atomic mass is 10.1. The number of para-hydroxylation sites is 2. The van der Waals surface area contributed by atoms with Crippen LogP contribution in [-0.4, -0.2) is 19.7 Å². The van der Waals surface area contributed by atoms with E-state index in [-0.39, 0.29) is 0 Å². The molecule has 0 aliphatic carbocycles. The minimum absolute atomic E-state index is 0.296. The van der Waals surface area contributed by atoms with Crippen molar-refractivity contribution in [3.05, 3.63) is 90.0 Å². The van der Waals surface area contributed by atoms with Crippen LogP contribution in [0.2, 0.25) is 0 Å². The first-order valence-corrected chi connectivity index (χ1v) is 8.38. The Bertz CT molecular complexity index is 842. The first kappa shape index (κ1) is 17.5. The molecule has 132 valence electrons. The molecule has 0 saturated heterocycles. The van der Waals surface area contributed by atoms with Crippen LogP contribution in [0.1, 0.15) is 15.9 Å². The summed E-state index contributed by atoms with van der Waals surface area (Å²) in [7, 11) is 1.63. The van der Waals surface area contributed by atoms with Crippen LogP contribution in [0.15, 0.2) is 78.9 Å². The number of hydrogen-bond donors (Lipinski definition) is 0. The Morgan fingerprint density at radius 1 is 0.808 bits per heavy atom. The largest absolute Gasteiger partial charge is 0.497 e. The predicted molar refractivity (Wildman–Crippen MR) is 99.9 cm³/mol. The molecule has 0 aliphatic rings. The number of ether oxygens (including phenoxy) is 3. The monoisotopic (exact) mass is 348 g/mol. The molecule has 0 radical (unpaired) electrons. The summed E-state index contributed by atoms with van der Waals surface area (Å²) in [6.45, 7) is 0.296. The fraction of sp³-hybridized carbons (Fsp3) is 0.136. The SMILES string of the molecule is COc1ccc(CCOC(=O)c2ccccc2Oc2ccccc2)cc1. The molecule has 0 bridgehead atoms. The number of esters is 1. The van der Waals surface area contributed by atoms with Crippen LogP contribution in [0.25, 0.3) is 0 Å². The van der Waals surface area contributed by atoms with E-state index < -0.39 is 5.97 Å². The number of methoxy groups -OCH3 is 1. The molecule has 26 heavy (non-hydrogen) atoms. The van der Waals surface area contributed by atoms with Crippen LogP contribution in [0.4, 0.5) is 0 Å². The highest BCUT2D eigenvalue weighted by molar-refractivity contribution is 5.92. The Labute approximate surface area is 153 Å². The van der Waals surface area contributed by atoms with Gasteiger partial charge < -0.3 is 14.2 Å². The molecule has 3 aromatic carbocycles. The Morgan fingerprint density at radius 2 is 1.50 bits per heavy atom. The smallest absolute Gasteiger partial charge is 0.341 e. The van der Waals surface area contributed by atoms with Crippen LogP contribution >= 0.6 is 0 Å². The summed E-state index contributed by atoms with van der Waals surface area (Å²) < 4.78 is 16.4. The molecule has 0 fully saturated rings. The zero-order chi connectivity index (χ0) is 18.2. The van der Waals surface area contributed by atoms with Gasteiger partial charge in [0.15, 0.2) is 0 Å². The minimum atomic E-state index is -0.398. The van der Waals surface area contributed by atoms with Gasteiger partial charge in [0, 0.05) is 6.42 Å². The van der Waals surface area contributed by atoms with Crippen molar-refractivity contribution < 1.29 is 19.0 Å². The van der Waals surface area contributed by atoms with E-state index in [9.17, 15) is 4.79 Å². The molecule has 4 nitrogen and oxygen atoms in total. The average Bonchev–Trinajstić information content (AvgIpc) is 2.69. The van der Waals surface area contributed by atoms with Gasteiger partial charge in [-0.2, -0.15) is 0 Å². The van der Waals surface area contributed by atoms with E-state index in [1.165, 1.54) is 0 Å². The van der Waals surface area contributed by atoms with Crippen molar-refractivity contribution in [2.24, 2.45) is 0 Å². The fourth-order valence-electron chi connectivity index (χ4n) is 2.47. The molecule has 0 saturated carbocycles. The second-order valence-electron chi connectivity index (χ2n) is 5.65. The van der Waals surface area contributed by atoms with Crippen LogP contribution < -0.4 is 9.47 Å². The molecule has 0 aromatic heterocycles. The van der Waals surface area contributed by atoms with Gasteiger partial charge in [0.05, 0.1) is 13.7 Å². The molecule has 3 aromatic rings. The van der Waals surface area contributed by atoms with E-state index in [1.807, 2.05) is 60.7 Å². The van der Waals surface area contributed by atoms with Gasteiger partial charge in [-0.25, -0.2) is 4.79 Å². The van der Waals surface area contributed by atoms with Crippen molar-refractivity contribution in [1.82, 2.24) is 0 Å². The number of rotatable bonds is 7. The summed E-state index contributed by atoms with van der Waals surface area (Å²) >= 11 is 0. The van der Waals surface area contributed by atoms with E-state index in [2.05, 4.69) is 0 Å². The first-order chi connectivity index (χ1) is 12.8. The van der Waals surface area contributed by atoms with E-state index in [0.717, 1.165) is 11.3 Å². The fourth-order valence-corrected chi connectivity index (χ4v) is 2.47. The Morgan fingerprint density at radius 3 is 2.23 bits per heavy atom. The number of hydrogen-bond acceptors (Lipinski definition) is 4. The highest BCUT2D eigenvalue weighted by Crippen LogP contribution is 2.25. The molecule has 0 amide bonds. The maximum Gasteiger partial charge on any atom is 0.341 e. The number of carbonyl (C=O) groups is 1. The Balaban J connectivity index is 1.60. The molecule has 0 aliphatic heterocycles. The van der Waals surface area contributed by atoms with Crippen molar-refractivity contribution in [3.8, 4) is 17.2 Å². The van der Waals surface area contributed by atoms with E-state index in [0.29, 0.717) is 30.1 Å². The third-order valence-corrected chi connectivity index (χ3v) is 3.86. The molecular formula is C22H20O4. The van der Waals surface area contributed by atoms with Gasteiger partial charge in [-0.1, -0.05) is 42.5 Å². The lowest BCUT2D eigenvalue weighted by Crippen LogP contribution is -2.09. The number of carbonyl (C=O) groups excluding carboxylic acids is 1. The standard InChI is InChI=1S/C22H20O4/c1-24-18-13-11-17(12-14-18)15-16-25-22(23)20-9-5-6-10-21(20)26-19-7-3-2-4-8-19/h2-14H,15-16H2,1H3. The topological polar surface area (TPSA) is 44.8 Å². The highest BCUT2D eigenvalue weighted by atomic mass is 16.5. The lowest BCUT2D eigenvalue weighted by Gasteiger charge is -2.11. The van der Waals surface area contributed by atoms with Crippen molar-refractivity contribution in [1.29, 1.82) is 0 Å². The summed E-state index contributed by atoms with van der Waals surface area (Å²) in [6, 6.07) is 24.1. The van der Waals surface area contributed by atoms with Gasteiger partial charge in [-0.3, -0.25) is 0 Å². The maximum absolute atomic E-state index is 12.4. The van der Waals surface area contributed by atoms with Crippen LogP contribution in [0.3, 0.4) is 0 Å². The summed E-state index contributed by atoms with van der Waals surface area (Å²) in [4.78, 5) is 12.4. The third-order valence-electron chi connectivity index (χ3n) is 3.86. The van der Waals surface area contributed by atoms with Gasteiger partial charge in [-0.05, 0) is 42.0 Å². The van der Waals surface area contributed by atoms with Gasteiger partial charge in [0.25, 0.3) is 0 Å². The van der Waals surface area contributed by atoms with Crippen molar-refractivity contribution in [3.63, 3.8) is 0 Å². The zero-order valence-corrected chi connectivity index (χ0v) is 14.6. The number of benzene rings is 3. The zero-order valence-electron chi connectivity index (χ0n) is 14.6. The van der Waals surface area contributed by atoms with E-state index >= 15 is 0 Å². The van der Waals surface area contributed by atoms with E-state index in [1.54, 1.807) is 25.3 Å². The molecule has 0 atom stereocenters. The van der Waals surface area contributed by atoms with Gasteiger partial charge in [0.1, 0.15) is 22.8 Å². The van der Waals surface area contributed by atoms with Crippen molar-refractivity contribution >= 4 is 5.97 Å². The summed E-state index contributed by atoms with van der Waals surface area (Å²) in [5.74, 6) is 1.56.